The zero-order valence-corrected chi connectivity index (χ0v) is 20.9. The summed E-state index contributed by atoms with van der Waals surface area (Å²) in [4.78, 5) is 2.40. The fourth-order valence-electron chi connectivity index (χ4n) is 4.55. The fraction of sp³-hybridized carbons (Fsp3) is 0.769. The van der Waals surface area contributed by atoms with Crippen LogP contribution in [0.25, 0.3) is 0 Å². The van der Waals surface area contributed by atoms with Crippen molar-refractivity contribution in [1.82, 2.24) is 4.90 Å². The fourth-order valence-corrected chi connectivity index (χ4v) is 4.55. The smallest absolute Gasteiger partial charge is 0.161 e. The number of hydrogen-bond acceptors (Lipinski definition) is 6. The molecule has 6 heteroatoms. The molecule has 2 rings (SSSR count). The summed E-state index contributed by atoms with van der Waals surface area (Å²) in [6.45, 7) is 9.74. The highest BCUT2D eigenvalue weighted by Crippen LogP contribution is 2.31. The summed E-state index contributed by atoms with van der Waals surface area (Å²) in [6, 6.07) is 6.48. The predicted molar refractivity (Wildman–Crippen MR) is 130 cm³/mol. The van der Waals surface area contributed by atoms with E-state index in [0.29, 0.717) is 37.6 Å². The Balaban J connectivity index is 1.97. The lowest BCUT2D eigenvalue weighted by Crippen LogP contribution is -2.48. The van der Waals surface area contributed by atoms with Crippen molar-refractivity contribution < 1.29 is 19.3 Å². The number of methoxy groups -OCH3 is 2. The Morgan fingerprint density at radius 3 is 2.59 bits per heavy atom. The number of β-amino-alcohol motifs (C(OH)–C–C–N with tert-alkyl or cyclic N) is 1. The van der Waals surface area contributed by atoms with Crippen molar-refractivity contribution in [3.63, 3.8) is 0 Å². The molecule has 1 heterocycles. The molecule has 0 amide bonds. The third-order valence-corrected chi connectivity index (χ3v) is 6.85. The molecule has 1 aromatic rings. The van der Waals surface area contributed by atoms with Crippen LogP contribution >= 0.6 is 0 Å². The van der Waals surface area contributed by atoms with Gasteiger partial charge in [0.15, 0.2) is 11.5 Å². The summed E-state index contributed by atoms with van der Waals surface area (Å²) in [7, 11) is 3.36. The number of hydrogen-bond donors (Lipinski definition) is 2. The van der Waals surface area contributed by atoms with Gasteiger partial charge in [-0.15, -0.1) is 0 Å². The van der Waals surface area contributed by atoms with Crippen molar-refractivity contribution in [2.45, 2.75) is 77.5 Å². The minimum Gasteiger partial charge on any atom is -0.493 e. The van der Waals surface area contributed by atoms with Crippen molar-refractivity contribution in [3.05, 3.63) is 23.8 Å². The monoisotopic (exact) mass is 450 g/mol. The Kier molecular flexibility index (Phi) is 11.8. The Bertz CT molecular complexity index is 655. The van der Waals surface area contributed by atoms with Gasteiger partial charge in [-0.2, -0.15) is 0 Å². The molecule has 0 radical (unpaired) electrons. The van der Waals surface area contributed by atoms with Crippen LogP contribution in [0.15, 0.2) is 18.2 Å². The lowest BCUT2D eigenvalue weighted by Gasteiger charge is -2.36. The number of piperidine rings is 1. The first-order valence-corrected chi connectivity index (χ1v) is 12.3. The van der Waals surface area contributed by atoms with Crippen molar-refractivity contribution in [2.75, 3.05) is 40.5 Å². The van der Waals surface area contributed by atoms with Crippen LogP contribution in [0.5, 0.6) is 11.5 Å². The highest BCUT2D eigenvalue weighted by molar-refractivity contribution is 5.43. The number of ether oxygens (including phenoxy) is 3. The van der Waals surface area contributed by atoms with Crippen LogP contribution in [0.1, 0.15) is 58.4 Å². The maximum Gasteiger partial charge on any atom is 0.161 e. The molecule has 0 bridgehead atoms. The first-order valence-electron chi connectivity index (χ1n) is 12.3. The molecular weight excluding hydrogens is 404 g/mol. The van der Waals surface area contributed by atoms with Crippen molar-refractivity contribution in [1.29, 1.82) is 0 Å². The van der Waals surface area contributed by atoms with Crippen LogP contribution in [0, 0.1) is 11.8 Å². The highest BCUT2D eigenvalue weighted by atomic mass is 16.5. The summed E-state index contributed by atoms with van der Waals surface area (Å²) in [5.41, 5.74) is 7.71. The molecule has 1 saturated heterocycles. The molecule has 1 aliphatic rings. The van der Waals surface area contributed by atoms with Crippen molar-refractivity contribution in [2.24, 2.45) is 17.6 Å². The van der Waals surface area contributed by atoms with Gasteiger partial charge in [-0.05, 0) is 68.7 Å². The summed E-state index contributed by atoms with van der Waals surface area (Å²) < 4.78 is 16.5. The molecule has 0 unspecified atom stereocenters. The molecule has 1 aromatic carbocycles. The zero-order chi connectivity index (χ0) is 23.5. The minimum atomic E-state index is -0.493. The number of rotatable bonds is 14. The van der Waals surface area contributed by atoms with Crippen LogP contribution in [-0.2, 0) is 11.2 Å². The Hall–Kier alpha value is -1.34. The number of benzene rings is 1. The summed E-state index contributed by atoms with van der Waals surface area (Å²) in [5.74, 6) is 2.37. The standard InChI is InChI=1S/C26H46N2O4/c1-19(2)22(17-23(27)24(29)18-28-12-7-6-9-20(28)3)15-21-10-11-25(31-5)26(16-21)32-14-8-13-30-4/h10-11,16,19-20,22-24,29H,6-9,12-15,17-18,27H2,1-5H3/t20-,22-,23-,24-/m0/s1. The summed E-state index contributed by atoms with van der Waals surface area (Å²) in [5, 5.41) is 10.8. The van der Waals surface area contributed by atoms with Gasteiger partial charge < -0.3 is 25.1 Å². The average Bonchev–Trinajstić information content (AvgIpc) is 2.77. The van der Waals surface area contributed by atoms with E-state index in [1.54, 1.807) is 14.2 Å². The van der Waals surface area contributed by atoms with E-state index in [4.69, 9.17) is 19.9 Å². The molecule has 6 nitrogen and oxygen atoms in total. The molecule has 3 N–H and O–H groups in total. The molecule has 1 fully saturated rings. The van der Waals surface area contributed by atoms with Crippen LogP contribution in [0.2, 0.25) is 0 Å². The molecule has 184 valence electrons. The molecule has 1 aliphatic heterocycles. The van der Waals surface area contributed by atoms with Crippen LogP contribution in [0.3, 0.4) is 0 Å². The SMILES string of the molecule is COCCCOc1cc(C[C@@H](C[C@H](N)[C@@H](O)CN2CCCC[C@@H]2C)C(C)C)ccc1OC. The molecule has 4 atom stereocenters. The van der Waals surface area contributed by atoms with E-state index in [1.807, 2.05) is 6.07 Å². The molecule has 32 heavy (non-hydrogen) atoms. The maximum absolute atomic E-state index is 10.8. The van der Waals surface area contributed by atoms with E-state index in [0.717, 1.165) is 37.3 Å². The second-order valence-corrected chi connectivity index (χ2v) is 9.69. The van der Waals surface area contributed by atoms with Gasteiger partial charge in [0, 0.05) is 38.8 Å². The lowest BCUT2D eigenvalue weighted by molar-refractivity contribution is 0.0516. The number of nitrogens with zero attached hydrogens (tertiary/aromatic N) is 1. The molecule has 0 aromatic heterocycles. The second-order valence-electron chi connectivity index (χ2n) is 9.69. The molecule has 0 aliphatic carbocycles. The van der Waals surface area contributed by atoms with Gasteiger partial charge in [0.25, 0.3) is 0 Å². The third-order valence-electron chi connectivity index (χ3n) is 6.85. The second kappa shape index (κ2) is 14.0. The molecule has 0 saturated carbocycles. The molecule has 0 spiro atoms. The number of aliphatic hydroxyl groups is 1. The largest absolute Gasteiger partial charge is 0.493 e. The Morgan fingerprint density at radius 2 is 1.94 bits per heavy atom. The normalized spacial score (nSPS) is 20.2. The van der Waals surface area contributed by atoms with E-state index in [9.17, 15) is 5.11 Å². The van der Waals surface area contributed by atoms with E-state index >= 15 is 0 Å². The number of likely N-dealkylation sites (tertiary alicyclic amines) is 1. The number of nitrogens with two attached hydrogens (primary N) is 1. The first kappa shape index (κ1) is 26.9. The summed E-state index contributed by atoms with van der Waals surface area (Å²) in [6.07, 6.45) is 5.76. The number of aliphatic hydroxyl groups excluding tert-OH is 1. The van der Waals surface area contributed by atoms with E-state index in [2.05, 4.69) is 37.8 Å². The molecular formula is C26H46N2O4. The van der Waals surface area contributed by atoms with Crippen LogP contribution < -0.4 is 15.2 Å². The first-order chi connectivity index (χ1) is 15.3. The van der Waals surface area contributed by atoms with E-state index < -0.39 is 6.10 Å². The topological polar surface area (TPSA) is 77.2 Å². The van der Waals surface area contributed by atoms with E-state index in [-0.39, 0.29) is 6.04 Å². The van der Waals surface area contributed by atoms with Gasteiger partial charge >= 0.3 is 0 Å². The van der Waals surface area contributed by atoms with Gasteiger partial charge in [0.2, 0.25) is 0 Å². The Morgan fingerprint density at radius 1 is 1.16 bits per heavy atom. The maximum atomic E-state index is 10.8. The van der Waals surface area contributed by atoms with Crippen molar-refractivity contribution >= 4 is 0 Å². The van der Waals surface area contributed by atoms with Gasteiger partial charge in [0.1, 0.15) is 0 Å². The quantitative estimate of drug-likeness (QED) is 0.419. The van der Waals surface area contributed by atoms with E-state index in [1.165, 1.54) is 24.8 Å². The average molecular weight is 451 g/mol. The third kappa shape index (κ3) is 8.54. The van der Waals surface area contributed by atoms with Crippen LogP contribution in [0.4, 0.5) is 0 Å². The van der Waals surface area contributed by atoms with Gasteiger partial charge in [-0.3, -0.25) is 4.90 Å². The Labute approximate surface area is 195 Å². The van der Waals surface area contributed by atoms with Gasteiger partial charge in [-0.25, -0.2) is 0 Å². The van der Waals surface area contributed by atoms with Crippen molar-refractivity contribution in [3.8, 4) is 11.5 Å². The zero-order valence-electron chi connectivity index (χ0n) is 20.9. The lowest BCUT2D eigenvalue weighted by atomic mass is 9.83. The van der Waals surface area contributed by atoms with Gasteiger partial charge in [0.05, 0.1) is 19.8 Å². The summed E-state index contributed by atoms with van der Waals surface area (Å²) >= 11 is 0. The highest BCUT2D eigenvalue weighted by Gasteiger charge is 2.27. The predicted octanol–water partition coefficient (Wildman–Crippen LogP) is 3.88. The van der Waals surface area contributed by atoms with Crippen LogP contribution in [-0.4, -0.2) is 68.7 Å². The minimum absolute atomic E-state index is 0.223. The van der Waals surface area contributed by atoms with Gasteiger partial charge in [-0.1, -0.05) is 26.3 Å².